The van der Waals surface area contributed by atoms with Gasteiger partial charge in [-0.15, -0.1) is 0 Å². The van der Waals surface area contributed by atoms with E-state index in [2.05, 4.69) is 20.7 Å². The number of hydrogen-bond acceptors (Lipinski definition) is 5. The summed E-state index contributed by atoms with van der Waals surface area (Å²) in [5, 5.41) is 12.5. The molecule has 0 bridgehead atoms. The SMILES string of the molecule is C[C@H](CC#N)Nc1nc(-c2ccccc2)ns1. The van der Waals surface area contributed by atoms with Crippen LogP contribution in [0.15, 0.2) is 30.3 Å². The van der Waals surface area contributed by atoms with Gasteiger partial charge in [0, 0.05) is 23.1 Å². The summed E-state index contributed by atoms with van der Waals surface area (Å²) in [5.74, 6) is 0.724. The van der Waals surface area contributed by atoms with E-state index in [9.17, 15) is 0 Å². The number of nitrogens with zero attached hydrogens (tertiary/aromatic N) is 3. The maximum absolute atomic E-state index is 8.58. The molecule has 1 heterocycles. The number of hydrogen-bond donors (Lipinski definition) is 1. The molecule has 4 nitrogen and oxygen atoms in total. The second-order valence-corrected chi connectivity index (χ2v) is 4.45. The first-order valence-corrected chi connectivity index (χ1v) is 6.09. The maximum Gasteiger partial charge on any atom is 0.203 e. The van der Waals surface area contributed by atoms with Gasteiger partial charge in [-0.25, -0.2) is 0 Å². The van der Waals surface area contributed by atoms with Gasteiger partial charge in [0.1, 0.15) is 0 Å². The van der Waals surface area contributed by atoms with Gasteiger partial charge in [0.2, 0.25) is 5.13 Å². The van der Waals surface area contributed by atoms with Crippen molar-refractivity contribution in [2.24, 2.45) is 0 Å². The van der Waals surface area contributed by atoms with E-state index in [4.69, 9.17) is 5.26 Å². The monoisotopic (exact) mass is 244 g/mol. The fraction of sp³-hybridized carbons (Fsp3) is 0.250. The zero-order chi connectivity index (χ0) is 12.1. The normalized spacial score (nSPS) is 11.8. The highest BCUT2D eigenvalue weighted by molar-refractivity contribution is 7.09. The first kappa shape index (κ1) is 11.6. The van der Waals surface area contributed by atoms with E-state index in [1.165, 1.54) is 11.5 Å². The quantitative estimate of drug-likeness (QED) is 0.898. The lowest BCUT2D eigenvalue weighted by Crippen LogP contribution is -2.13. The van der Waals surface area contributed by atoms with Crippen LogP contribution >= 0.6 is 11.5 Å². The number of rotatable bonds is 4. The molecule has 0 unspecified atom stereocenters. The van der Waals surface area contributed by atoms with E-state index >= 15 is 0 Å². The molecular weight excluding hydrogens is 232 g/mol. The molecule has 0 saturated carbocycles. The Morgan fingerprint density at radius 1 is 1.41 bits per heavy atom. The summed E-state index contributed by atoms with van der Waals surface area (Å²) in [6.07, 6.45) is 0.459. The molecule has 1 atom stereocenters. The molecule has 0 amide bonds. The summed E-state index contributed by atoms with van der Waals surface area (Å²) in [4.78, 5) is 4.39. The average Bonchev–Trinajstić information content (AvgIpc) is 2.79. The van der Waals surface area contributed by atoms with Crippen molar-refractivity contribution in [3.05, 3.63) is 30.3 Å². The molecule has 2 rings (SSSR count). The Morgan fingerprint density at radius 3 is 2.88 bits per heavy atom. The lowest BCUT2D eigenvalue weighted by Gasteiger charge is -2.06. The number of nitrogens with one attached hydrogen (secondary N) is 1. The van der Waals surface area contributed by atoms with Crippen LogP contribution in [0.25, 0.3) is 11.4 Å². The molecule has 0 radical (unpaired) electrons. The summed E-state index contributed by atoms with van der Waals surface area (Å²) in [5.41, 5.74) is 1.00. The van der Waals surface area contributed by atoms with Crippen molar-refractivity contribution in [2.45, 2.75) is 19.4 Å². The molecule has 1 aromatic heterocycles. The fourth-order valence-corrected chi connectivity index (χ4v) is 2.09. The Labute approximate surface area is 104 Å². The molecule has 2 aromatic rings. The van der Waals surface area contributed by atoms with Crippen LogP contribution in [-0.2, 0) is 0 Å². The minimum atomic E-state index is 0.0940. The van der Waals surface area contributed by atoms with E-state index in [-0.39, 0.29) is 6.04 Å². The highest BCUT2D eigenvalue weighted by atomic mass is 32.1. The van der Waals surface area contributed by atoms with Crippen LogP contribution in [0, 0.1) is 11.3 Å². The van der Waals surface area contributed by atoms with Gasteiger partial charge in [-0.1, -0.05) is 30.3 Å². The molecular formula is C12H12N4S. The predicted molar refractivity (Wildman–Crippen MR) is 68.7 cm³/mol. The van der Waals surface area contributed by atoms with Crippen molar-refractivity contribution in [3.63, 3.8) is 0 Å². The molecule has 1 aromatic carbocycles. The molecule has 0 spiro atoms. The highest BCUT2D eigenvalue weighted by Crippen LogP contribution is 2.21. The summed E-state index contributed by atoms with van der Waals surface area (Å²) in [6, 6.07) is 12.1. The van der Waals surface area contributed by atoms with Crippen molar-refractivity contribution in [2.75, 3.05) is 5.32 Å². The smallest absolute Gasteiger partial charge is 0.203 e. The minimum Gasteiger partial charge on any atom is -0.357 e. The number of anilines is 1. The number of benzene rings is 1. The Bertz CT molecular complexity index is 515. The lowest BCUT2D eigenvalue weighted by molar-refractivity contribution is 0.819. The summed E-state index contributed by atoms with van der Waals surface area (Å²) >= 11 is 1.32. The second kappa shape index (κ2) is 5.41. The lowest BCUT2D eigenvalue weighted by atomic mass is 10.2. The zero-order valence-corrected chi connectivity index (χ0v) is 10.2. The highest BCUT2D eigenvalue weighted by Gasteiger charge is 2.08. The van der Waals surface area contributed by atoms with Crippen molar-refractivity contribution >= 4 is 16.7 Å². The molecule has 17 heavy (non-hydrogen) atoms. The molecule has 5 heteroatoms. The Hall–Kier alpha value is -1.93. The van der Waals surface area contributed by atoms with Crippen molar-refractivity contribution < 1.29 is 0 Å². The molecule has 0 saturated heterocycles. The first-order valence-electron chi connectivity index (χ1n) is 5.32. The summed E-state index contributed by atoms with van der Waals surface area (Å²) in [7, 11) is 0. The number of nitriles is 1. The Balaban J connectivity index is 2.09. The Kier molecular flexibility index (Phi) is 3.68. The van der Waals surface area contributed by atoms with E-state index < -0.39 is 0 Å². The molecule has 0 aliphatic heterocycles. The topological polar surface area (TPSA) is 61.6 Å². The van der Waals surface area contributed by atoms with Gasteiger partial charge in [-0.05, 0) is 6.92 Å². The molecule has 0 aliphatic carbocycles. The third-order valence-electron chi connectivity index (χ3n) is 2.23. The van der Waals surface area contributed by atoms with Gasteiger partial charge in [0.15, 0.2) is 5.82 Å². The van der Waals surface area contributed by atoms with Crippen LogP contribution < -0.4 is 5.32 Å². The van der Waals surface area contributed by atoms with Crippen LogP contribution in [0.3, 0.4) is 0 Å². The molecule has 1 N–H and O–H groups in total. The van der Waals surface area contributed by atoms with Crippen LogP contribution in [-0.4, -0.2) is 15.4 Å². The van der Waals surface area contributed by atoms with Crippen LogP contribution in [0.5, 0.6) is 0 Å². The van der Waals surface area contributed by atoms with Crippen LogP contribution in [0.1, 0.15) is 13.3 Å². The predicted octanol–water partition coefficient (Wildman–Crippen LogP) is 2.92. The van der Waals surface area contributed by atoms with Gasteiger partial charge < -0.3 is 5.32 Å². The largest absolute Gasteiger partial charge is 0.357 e. The first-order chi connectivity index (χ1) is 8.29. The van der Waals surface area contributed by atoms with E-state index in [1.54, 1.807) is 0 Å². The van der Waals surface area contributed by atoms with Gasteiger partial charge in [-0.3, -0.25) is 0 Å². The molecule has 0 fully saturated rings. The Morgan fingerprint density at radius 2 is 2.18 bits per heavy atom. The summed E-state index contributed by atoms with van der Waals surface area (Å²) < 4.78 is 4.28. The summed E-state index contributed by atoms with van der Waals surface area (Å²) in [6.45, 7) is 1.95. The van der Waals surface area contributed by atoms with Gasteiger partial charge >= 0.3 is 0 Å². The third-order valence-corrected chi connectivity index (χ3v) is 2.87. The average molecular weight is 244 g/mol. The van der Waals surface area contributed by atoms with E-state index in [0.717, 1.165) is 16.5 Å². The second-order valence-electron chi connectivity index (χ2n) is 3.70. The van der Waals surface area contributed by atoms with Gasteiger partial charge in [-0.2, -0.15) is 14.6 Å². The van der Waals surface area contributed by atoms with Crippen molar-refractivity contribution in [3.8, 4) is 17.5 Å². The third kappa shape index (κ3) is 3.02. The zero-order valence-electron chi connectivity index (χ0n) is 9.42. The van der Waals surface area contributed by atoms with Crippen LogP contribution in [0.2, 0.25) is 0 Å². The standard InChI is InChI=1S/C12H12N4S/c1-9(7-8-13)14-12-15-11(16-17-12)10-5-3-2-4-6-10/h2-6,9H,7H2,1H3,(H,14,15,16)/t9-/m1/s1. The van der Waals surface area contributed by atoms with Crippen LogP contribution in [0.4, 0.5) is 5.13 Å². The molecule has 86 valence electrons. The van der Waals surface area contributed by atoms with Gasteiger partial charge in [0.25, 0.3) is 0 Å². The van der Waals surface area contributed by atoms with Gasteiger partial charge in [0.05, 0.1) is 12.5 Å². The van der Waals surface area contributed by atoms with Crippen molar-refractivity contribution in [1.29, 1.82) is 5.26 Å². The van der Waals surface area contributed by atoms with E-state index in [0.29, 0.717) is 6.42 Å². The van der Waals surface area contributed by atoms with Crippen molar-refractivity contribution in [1.82, 2.24) is 9.36 Å². The number of aromatic nitrogens is 2. The minimum absolute atomic E-state index is 0.0940. The molecule has 0 aliphatic rings. The fourth-order valence-electron chi connectivity index (χ4n) is 1.39. The van der Waals surface area contributed by atoms with E-state index in [1.807, 2.05) is 37.3 Å². The maximum atomic E-state index is 8.58.